The molecule has 0 bridgehead atoms. The van der Waals surface area contributed by atoms with Gasteiger partial charge in [0.15, 0.2) is 10.6 Å². The molecule has 0 fully saturated rings. The van der Waals surface area contributed by atoms with E-state index < -0.39 is 0 Å². The molecule has 0 saturated heterocycles. The molecule has 0 aliphatic heterocycles. The molecule has 1 aromatic heterocycles. The number of hydrogen-bond acceptors (Lipinski definition) is 3. The molecule has 2 aromatic rings. The fourth-order valence-corrected chi connectivity index (χ4v) is 2.50. The Morgan fingerprint density at radius 1 is 1.24 bits per heavy atom. The Morgan fingerprint density at radius 2 is 1.90 bits per heavy atom. The van der Waals surface area contributed by atoms with E-state index in [4.69, 9.17) is 17.3 Å². The Kier molecular flexibility index (Phi) is 5.47. The monoisotopic (exact) mass is 302 g/mol. The Morgan fingerprint density at radius 3 is 2.48 bits per heavy atom. The van der Waals surface area contributed by atoms with Crippen LogP contribution in [0.5, 0.6) is 0 Å². The minimum Gasteiger partial charge on any atom is -0.296 e. The van der Waals surface area contributed by atoms with Gasteiger partial charge >= 0.3 is 0 Å². The quantitative estimate of drug-likeness (QED) is 0.578. The first-order valence-electron chi connectivity index (χ1n) is 7.27. The highest BCUT2D eigenvalue weighted by Crippen LogP contribution is 2.18. The summed E-state index contributed by atoms with van der Waals surface area (Å²) >= 11 is 5.58. The smallest absolute Gasteiger partial charge is 0.199 e. The van der Waals surface area contributed by atoms with Crippen molar-refractivity contribution in [2.75, 3.05) is 13.1 Å². The number of aromatic nitrogens is 3. The Hall–Kier alpha value is -1.72. The van der Waals surface area contributed by atoms with Gasteiger partial charge in [-0.1, -0.05) is 50.3 Å². The number of nitrogens with zero attached hydrogens (tertiary/aromatic N) is 4. The fourth-order valence-electron chi connectivity index (χ4n) is 2.24. The third-order valence-electron chi connectivity index (χ3n) is 3.49. The highest BCUT2D eigenvalue weighted by molar-refractivity contribution is 7.71. The first-order valence-corrected chi connectivity index (χ1v) is 7.68. The van der Waals surface area contributed by atoms with Gasteiger partial charge in [0, 0.05) is 12.1 Å². The third kappa shape index (κ3) is 3.49. The van der Waals surface area contributed by atoms with Gasteiger partial charge in [-0.2, -0.15) is 5.10 Å². The van der Waals surface area contributed by atoms with Crippen molar-refractivity contribution in [3.63, 3.8) is 0 Å². The molecule has 1 heterocycles. The van der Waals surface area contributed by atoms with Gasteiger partial charge in [-0.05, 0) is 25.3 Å². The molecule has 0 N–H and O–H groups in total. The first-order chi connectivity index (χ1) is 10.2. The highest BCUT2D eigenvalue weighted by atomic mass is 32.1. The first kappa shape index (κ1) is 15.7. The molecule has 21 heavy (non-hydrogen) atoms. The lowest BCUT2D eigenvalue weighted by molar-refractivity contribution is 0.227. The van der Waals surface area contributed by atoms with Crippen molar-refractivity contribution in [2.45, 2.75) is 27.1 Å². The summed E-state index contributed by atoms with van der Waals surface area (Å²) in [5.74, 6) is 0.896. The Balaban J connectivity index is 2.45. The lowest BCUT2D eigenvalue weighted by Gasteiger charge is -2.17. The molecule has 2 rings (SSSR count). The van der Waals surface area contributed by atoms with Crippen molar-refractivity contribution < 1.29 is 0 Å². The van der Waals surface area contributed by atoms with Crippen molar-refractivity contribution in [1.82, 2.24) is 19.2 Å². The standard InChI is InChI=1S/C16H22N4S/c1-4-12-19-15(14-10-8-7-9-11-14)17-20(16(19)21)13-18(5-2)6-3/h4,7-11H,1,5-6,12-13H2,2-3H3. The zero-order chi connectivity index (χ0) is 15.2. The average Bonchev–Trinajstić information content (AvgIpc) is 2.83. The predicted molar refractivity (Wildman–Crippen MR) is 89.6 cm³/mol. The average molecular weight is 302 g/mol. The molecule has 5 heteroatoms. The van der Waals surface area contributed by atoms with Crippen molar-refractivity contribution >= 4 is 12.2 Å². The molecule has 0 radical (unpaired) electrons. The summed E-state index contributed by atoms with van der Waals surface area (Å²) in [5.41, 5.74) is 1.07. The van der Waals surface area contributed by atoms with E-state index in [9.17, 15) is 0 Å². The summed E-state index contributed by atoms with van der Waals surface area (Å²) in [6.07, 6.45) is 1.85. The van der Waals surface area contributed by atoms with Gasteiger partial charge in [0.05, 0.1) is 6.67 Å². The van der Waals surface area contributed by atoms with Gasteiger partial charge in [-0.3, -0.25) is 9.47 Å². The number of benzene rings is 1. The summed E-state index contributed by atoms with van der Waals surface area (Å²) in [6, 6.07) is 10.1. The van der Waals surface area contributed by atoms with Crippen LogP contribution < -0.4 is 0 Å². The molecule has 0 aliphatic carbocycles. The van der Waals surface area contributed by atoms with Crippen LogP contribution in [0.15, 0.2) is 43.0 Å². The van der Waals surface area contributed by atoms with E-state index in [1.807, 2.05) is 33.5 Å². The van der Waals surface area contributed by atoms with E-state index >= 15 is 0 Å². The van der Waals surface area contributed by atoms with Crippen LogP contribution >= 0.6 is 12.2 Å². The predicted octanol–water partition coefficient (Wildman–Crippen LogP) is 3.57. The van der Waals surface area contributed by atoms with Gasteiger partial charge in [-0.25, -0.2) is 4.68 Å². The van der Waals surface area contributed by atoms with E-state index in [-0.39, 0.29) is 0 Å². The minimum absolute atomic E-state index is 0.668. The number of hydrogen-bond donors (Lipinski definition) is 0. The summed E-state index contributed by atoms with van der Waals surface area (Å²) < 4.78 is 4.66. The van der Waals surface area contributed by atoms with Crippen molar-refractivity contribution in [3.05, 3.63) is 47.8 Å². The van der Waals surface area contributed by atoms with Crippen LogP contribution in [0.3, 0.4) is 0 Å². The molecule has 1 aromatic carbocycles. The lowest BCUT2D eigenvalue weighted by Crippen LogP contribution is -2.26. The largest absolute Gasteiger partial charge is 0.296 e. The van der Waals surface area contributed by atoms with Crippen LogP contribution in [0.1, 0.15) is 13.8 Å². The van der Waals surface area contributed by atoms with Crippen molar-refractivity contribution in [2.24, 2.45) is 0 Å². The molecule has 0 saturated carbocycles. The van der Waals surface area contributed by atoms with Gasteiger partial charge < -0.3 is 0 Å². The number of allylic oxidation sites excluding steroid dienone is 1. The SMILES string of the molecule is C=CCn1c(-c2ccccc2)nn(CN(CC)CC)c1=S. The van der Waals surface area contributed by atoms with Gasteiger partial charge in [0.25, 0.3) is 0 Å². The lowest BCUT2D eigenvalue weighted by atomic mass is 10.2. The highest BCUT2D eigenvalue weighted by Gasteiger charge is 2.12. The maximum Gasteiger partial charge on any atom is 0.199 e. The minimum atomic E-state index is 0.668. The van der Waals surface area contributed by atoms with E-state index in [2.05, 4.69) is 37.5 Å². The van der Waals surface area contributed by atoms with Gasteiger partial charge in [-0.15, -0.1) is 6.58 Å². The molecule has 112 valence electrons. The van der Waals surface area contributed by atoms with Crippen LogP contribution in [-0.2, 0) is 13.2 Å². The second-order valence-electron chi connectivity index (χ2n) is 4.82. The Labute approximate surface area is 131 Å². The van der Waals surface area contributed by atoms with Crippen LogP contribution in [0.4, 0.5) is 0 Å². The van der Waals surface area contributed by atoms with Gasteiger partial charge in [0.2, 0.25) is 0 Å². The van der Waals surface area contributed by atoms with Gasteiger partial charge in [0.1, 0.15) is 0 Å². The summed E-state index contributed by atoms with van der Waals surface area (Å²) in [4.78, 5) is 2.29. The molecule has 0 amide bonds. The van der Waals surface area contributed by atoms with E-state index in [0.717, 1.165) is 35.9 Å². The molecular formula is C16H22N4S. The van der Waals surface area contributed by atoms with Crippen molar-refractivity contribution in [3.8, 4) is 11.4 Å². The van der Waals surface area contributed by atoms with E-state index in [0.29, 0.717) is 6.54 Å². The maximum atomic E-state index is 5.58. The molecule has 0 unspecified atom stereocenters. The van der Waals surface area contributed by atoms with E-state index in [1.165, 1.54) is 0 Å². The topological polar surface area (TPSA) is 26.0 Å². The van der Waals surface area contributed by atoms with Crippen LogP contribution in [0, 0.1) is 4.77 Å². The van der Waals surface area contributed by atoms with Crippen LogP contribution in [0.2, 0.25) is 0 Å². The second kappa shape index (κ2) is 7.33. The third-order valence-corrected chi connectivity index (χ3v) is 3.93. The fraction of sp³-hybridized carbons (Fsp3) is 0.375. The molecule has 0 spiro atoms. The van der Waals surface area contributed by atoms with Crippen molar-refractivity contribution in [1.29, 1.82) is 0 Å². The zero-order valence-corrected chi connectivity index (χ0v) is 13.5. The van der Waals surface area contributed by atoms with Crippen LogP contribution in [0.25, 0.3) is 11.4 Å². The summed E-state index contributed by atoms with van der Waals surface area (Å²) in [6.45, 7) is 11.5. The number of rotatable bonds is 7. The normalized spacial score (nSPS) is 11.0. The molecule has 4 nitrogen and oxygen atoms in total. The maximum absolute atomic E-state index is 5.58. The molecule has 0 atom stereocenters. The zero-order valence-electron chi connectivity index (χ0n) is 12.7. The van der Waals surface area contributed by atoms with Crippen LogP contribution in [-0.4, -0.2) is 32.3 Å². The van der Waals surface area contributed by atoms with E-state index in [1.54, 1.807) is 0 Å². The Bertz CT molecular complexity index is 638. The summed E-state index contributed by atoms with van der Waals surface area (Å²) in [5, 5.41) is 4.72. The summed E-state index contributed by atoms with van der Waals surface area (Å²) in [7, 11) is 0. The second-order valence-corrected chi connectivity index (χ2v) is 5.18. The molecule has 0 aliphatic rings. The molecular weight excluding hydrogens is 280 g/mol.